The molecular weight excluding hydrogens is 308 g/mol. The van der Waals surface area contributed by atoms with Crippen molar-refractivity contribution in [3.8, 4) is 5.75 Å². The fourth-order valence-corrected chi connectivity index (χ4v) is 2.56. The van der Waals surface area contributed by atoms with Crippen molar-refractivity contribution in [1.82, 2.24) is 4.98 Å². The van der Waals surface area contributed by atoms with Crippen LogP contribution >= 0.6 is 12.4 Å². The number of nitrogens with zero attached hydrogens (tertiary/aromatic N) is 1. The van der Waals surface area contributed by atoms with Crippen LogP contribution in [0.4, 0.5) is 11.4 Å². The van der Waals surface area contributed by atoms with Crippen LogP contribution in [0.3, 0.4) is 0 Å². The summed E-state index contributed by atoms with van der Waals surface area (Å²) in [5.41, 5.74) is 5.34. The van der Waals surface area contributed by atoms with E-state index >= 15 is 0 Å². The van der Waals surface area contributed by atoms with Gasteiger partial charge in [0.15, 0.2) is 0 Å². The number of anilines is 2. The normalized spacial score (nSPS) is 10.2. The van der Waals surface area contributed by atoms with E-state index in [1.165, 1.54) is 5.56 Å². The Balaban J connectivity index is 0.00000192. The van der Waals surface area contributed by atoms with Crippen LogP contribution in [-0.4, -0.2) is 11.6 Å². The lowest BCUT2D eigenvalue weighted by atomic mass is 10.1. The predicted octanol–water partition coefficient (Wildman–Crippen LogP) is 5.42. The van der Waals surface area contributed by atoms with Crippen LogP contribution in [0.5, 0.6) is 5.75 Å². The lowest BCUT2D eigenvalue weighted by molar-refractivity contribution is 0.340. The van der Waals surface area contributed by atoms with Crippen LogP contribution in [0.1, 0.15) is 18.2 Å². The molecule has 3 aromatic rings. The summed E-state index contributed by atoms with van der Waals surface area (Å²) in [4.78, 5) is 4.61. The lowest BCUT2D eigenvalue weighted by Crippen LogP contribution is -1.97. The maximum Gasteiger partial charge on any atom is 0.120 e. The quantitative estimate of drug-likeness (QED) is 0.694. The third kappa shape index (κ3) is 3.74. The molecule has 0 aliphatic rings. The first kappa shape index (κ1) is 17.1. The van der Waals surface area contributed by atoms with Crippen LogP contribution in [0.25, 0.3) is 10.9 Å². The van der Waals surface area contributed by atoms with Gasteiger partial charge in [-0.25, -0.2) is 0 Å². The van der Waals surface area contributed by atoms with Gasteiger partial charge < -0.3 is 10.1 Å². The second-order valence-corrected chi connectivity index (χ2v) is 5.36. The molecule has 0 aliphatic carbocycles. The number of pyridine rings is 1. The van der Waals surface area contributed by atoms with Gasteiger partial charge >= 0.3 is 0 Å². The molecule has 0 atom stereocenters. The summed E-state index contributed by atoms with van der Waals surface area (Å²) in [6, 6.07) is 16.4. The monoisotopic (exact) mass is 328 g/mol. The number of ether oxygens (including phenoxy) is 1. The van der Waals surface area contributed by atoms with Crippen LogP contribution in [0.2, 0.25) is 0 Å². The van der Waals surface area contributed by atoms with E-state index in [0.29, 0.717) is 6.61 Å². The third-order valence-corrected chi connectivity index (χ3v) is 3.63. The molecule has 0 saturated carbocycles. The summed E-state index contributed by atoms with van der Waals surface area (Å²) in [6.45, 7) is 6.76. The Kier molecular flexibility index (Phi) is 5.45. The van der Waals surface area contributed by atoms with E-state index in [2.05, 4.69) is 35.4 Å². The molecule has 3 rings (SSSR count). The van der Waals surface area contributed by atoms with Crippen molar-refractivity contribution >= 4 is 34.7 Å². The topological polar surface area (TPSA) is 34.1 Å². The lowest BCUT2D eigenvalue weighted by Gasteiger charge is -2.14. The largest absolute Gasteiger partial charge is 0.494 e. The number of halogens is 1. The Morgan fingerprint density at radius 2 is 1.78 bits per heavy atom. The maximum absolute atomic E-state index is 5.62. The SMILES string of the molecule is CCOc1ccc2nc(C)cc(Nc3ccccc3C)c2c1.Cl. The Bertz CT molecular complexity index is 818. The fraction of sp³-hybridized carbons (Fsp3) is 0.211. The van der Waals surface area contributed by atoms with Gasteiger partial charge in [-0.15, -0.1) is 12.4 Å². The number of hydrogen-bond acceptors (Lipinski definition) is 3. The molecule has 0 fully saturated rings. The standard InChI is InChI=1S/C19H20N2O.ClH/c1-4-22-15-9-10-18-16(12-15)19(11-14(3)20-18)21-17-8-6-5-7-13(17)2;/h5-12H,4H2,1-3H3,(H,20,21);1H. The molecule has 2 aromatic carbocycles. The van der Waals surface area contributed by atoms with Crippen molar-refractivity contribution in [2.45, 2.75) is 20.8 Å². The maximum atomic E-state index is 5.62. The van der Waals surface area contributed by atoms with Gasteiger partial charge in [-0.05, 0) is 56.7 Å². The van der Waals surface area contributed by atoms with Crippen LogP contribution in [-0.2, 0) is 0 Å². The summed E-state index contributed by atoms with van der Waals surface area (Å²) in [5.74, 6) is 0.869. The van der Waals surface area contributed by atoms with E-state index in [9.17, 15) is 0 Å². The van der Waals surface area contributed by atoms with Crippen molar-refractivity contribution in [2.24, 2.45) is 0 Å². The Morgan fingerprint density at radius 3 is 2.52 bits per heavy atom. The van der Waals surface area contributed by atoms with Crippen molar-refractivity contribution in [1.29, 1.82) is 0 Å². The first-order valence-electron chi connectivity index (χ1n) is 7.54. The molecule has 120 valence electrons. The van der Waals surface area contributed by atoms with Gasteiger partial charge in [0.05, 0.1) is 12.1 Å². The van der Waals surface area contributed by atoms with Gasteiger partial charge in [0.1, 0.15) is 5.75 Å². The highest BCUT2D eigenvalue weighted by Crippen LogP contribution is 2.30. The van der Waals surface area contributed by atoms with Gasteiger partial charge in [0, 0.05) is 22.5 Å². The zero-order valence-corrected chi connectivity index (χ0v) is 14.4. The summed E-state index contributed by atoms with van der Waals surface area (Å²) in [6.07, 6.45) is 0. The smallest absolute Gasteiger partial charge is 0.120 e. The first-order chi connectivity index (χ1) is 10.7. The molecule has 1 N–H and O–H groups in total. The molecule has 3 nitrogen and oxygen atoms in total. The minimum Gasteiger partial charge on any atom is -0.494 e. The second-order valence-electron chi connectivity index (χ2n) is 5.36. The minimum absolute atomic E-state index is 0. The fourth-order valence-electron chi connectivity index (χ4n) is 2.56. The van der Waals surface area contributed by atoms with E-state index in [-0.39, 0.29) is 12.4 Å². The van der Waals surface area contributed by atoms with Gasteiger partial charge in [-0.3, -0.25) is 4.98 Å². The summed E-state index contributed by atoms with van der Waals surface area (Å²) >= 11 is 0. The molecule has 1 aromatic heterocycles. The Morgan fingerprint density at radius 1 is 1.00 bits per heavy atom. The number of para-hydroxylation sites is 1. The average Bonchev–Trinajstić information content (AvgIpc) is 2.50. The van der Waals surface area contributed by atoms with E-state index in [1.807, 2.05) is 44.2 Å². The number of benzene rings is 2. The van der Waals surface area contributed by atoms with Crippen molar-refractivity contribution in [3.05, 3.63) is 59.8 Å². The van der Waals surface area contributed by atoms with E-state index in [4.69, 9.17) is 4.74 Å². The van der Waals surface area contributed by atoms with Crippen molar-refractivity contribution in [3.63, 3.8) is 0 Å². The molecule has 0 bridgehead atoms. The highest BCUT2D eigenvalue weighted by atomic mass is 35.5. The van der Waals surface area contributed by atoms with Crippen LogP contribution in [0.15, 0.2) is 48.5 Å². The number of aromatic nitrogens is 1. The van der Waals surface area contributed by atoms with E-state index in [1.54, 1.807) is 0 Å². The first-order valence-corrected chi connectivity index (χ1v) is 7.54. The zero-order valence-electron chi connectivity index (χ0n) is 13.6. The highest BCUT2D eigenvalue weighted by Gasteiger charge is 2.07. The summed E-state index contributed by atoms with van der Waals surface area (Å²) in [5, 5.41) is 4.60. The number of hydrogen-bond donors (Lipinski definition) is 1. The van der Waals surface area contributed by atoms with Gasteiger partial charge in [0.2, 0.25) is 0 Å². The molecule has 1 heterocycles. The molecule has 0 radical (unpaired) electrons. The number of nitrogens with one attached hydrogen (secondary N) is 1. The van der Waals surface area contributed by atoms with Crippen LogP contribution in [0, 0.1) is 13.8 Å². The van der Waals surface area contributed by atoms with Crippen molar-refractivity contribution < 1.29 is 4.74 Å². The molecular formula is C19H21ClN2O. The average molecular weight is 329 g/mol. The molecule has 23 heavy (non-hydrogen) atoms. The third-order valence-electron chi connectivity index (χ3n) is 3.63. The van der Waals surface area contributed by atoms with Gasteiger partial charge in [-0.2, -0.15) is 0 Å². The highest BCUT2D eigenvalue weighted by molar-refractivity contribution is 5.94. The molecule has 0 amide bonds. The Labute approximate surface area is 143 Å². The Hall–Kier alpha value is -2.26. The molecule has 4 heteroatoms. The second kappa shape index (κ2) is 7.34. The van der Waals surface area contributed by atoms with E-state index in [0.717, 1.165) is 33.7 Å². The van der Waals surface area contributed by atoms with Crippen LogP contribution < -0.4 is 10.1 Å². The number of aryl methyl sites for hydroxylation is 2. The number of fused-ring (bicyclic) bond motifs is 1. The zero-order chi connectivity index (χ0) is 15.5. The van der Waals surface area contributed by atoms with Gasteiger partial charge in [-0.1, -0.05) is 18.2 Å². The predicted molar refractivity (Wildman–Crippen MR) is 99.4 cm³/mol. The number of rotatable bonds is 4. The summed E-state index contributed by atoms with van der Waals surface area (Å²) < 4.78 is 5.62. The molecule has 0 unspecified atom stereocenters. The van der Waals surface area contributed by atoms with E-state index < -0.39 is 0 Å². The van der Waals surface area contributed by atoms with Gasteiger partial charge in [0.25, 0.3) is 0 Å². The molecule has 0 saturated heterocycles. The molecule has 0 aliphatic heterocycles. The minimum atomic E-state index is 0. The molecule has 0 spiro atoms. The van der Waals surface area contributed by atoms with Crippen molar-refractivity contribution in [2.75, 3.05) is 11.9 Å². The summed E-state index contributed by atoms with van der Waals surface area (Å²) in [7, 11) is 0.